The molecule has 0 radical (unpaired) electrons. The fourth-order valence-electron chi connectivity index (χ4n) is 20.7. The lowest BCUT2D eigenvalue weighted by Gasteiger charge is -2.66. The minimum atomic E-state index is -2.19. The molecule has 0 amide bonds. The summed E-state index contributed by atoms with van der Waals surface area (Å²) in [5, 5.41) is 0. The van der Waals surface area contributed by atoms with Crippen molar-refractivity contribution in [1.82, 2.24) is 0 Å². The van der Waals surface area contributed by atoms with Gasteiger partial charge in [0.25, 0.3) is 0 Å². The zero-order chi connectivity index (χ0) is 35.0. The van der Waals surface area contributed by atoms with Crippen molar-refractivity contribution in [2.75, 3.05) is 0 Å². The lowest BCUT2D eigenvalue weighted by atomic mass is 9.41. The molecular formula is C47H64O6. The van der Waals surface area contributed by atoms with E-state index in [2.05, 4.69) is 0 Å². The summed E-state index contributed by atoms with van der Waals surface area (Å²) in [4.78, 5) is 30.5. The van der Waals surface area contributed by atoms with E-state index < -0.39 is 17.7 Å². The highest BCUT2D eigenvalue weighted by molar-refractivity contribution is 6.02. The van der Waals surface area contributed by atoms with Crippen LogP contribution in [0.1, 0.15) is 154 Å². The van der Waals surface area contributed by atoms with E-state index in [0.717, 1.165) is 71.0 Å². The Morgan fingerprint density at radius 2 is 0.566 bits per heavy atom. The van der Waals surface area contributed by atoms with Crippen LogP contribution in [0.3, 0.4) is 0 Å². The van der Waals surface area contributed by atoms with Crippen molar-refractivity contribution in [3.8, 4) is 0 Å². The zero-order valence-corrected chi connectivity index (χ0v) is 32.2. The van der Waals surface area contributed by atoms with Crippen molar-refractivity contribution in [3.63, 3.8) is 0 Å². The molecule has 17 rings (SSSR count). The summed E-state index contributed by atoms with van der Waals surface area (Å²) in [6.45, 7) is 0. The van der Waals surface area contributed by atoms with Gasteiger partial charge in [-0.15, -0.1) is 0 Å². The van der Waals surface area contributed by atoms with Gasteiger partial charge in [-0.1, -0.05) is 0 Å². The summed E-state index contributed by atoms with van der Waals surface area (Å²) < 4.78 is 26.7. The van der Waals surface area contributed by atoms with Crippen molar-refractivity contribution in [3.05, 3.63) is 12.5 Å². The lowest BCUT2D eigenvalue weighted by molar-refractivity contribution is -0.263. The van der Waals surface area contributed by atoms with Crippen LogP contribution >= 0.6 is 0 Å². The summed E-state index contributed by atoms with van der Waals surface area (Å²) in [5.41, 5.74) is 0.0878. The normalized spacial score (nSPS) is 55.9. The smallest absolute Gasteiger partial charge is 0.452 e. The van der Waals surface area contributed by atoms with Gasteiger partial charge >= 0.3 is 17.7 Å². The van der Waals surface area contributed by atoms with E-state index >= 15 is 9.59 Å². The average Bonchev–Trinajstić information content (AvgIpc) is 3.59. The maximum atomic E-state index is 15.3. The molecule has 6 nitrogen and oxygen atoms in total. The molecule has 16 aliphatic carbocycles. The average molecular weight is 725 g/mol. The fraction of sp³-hybridized carbons (Fsp3) is 0.915. The molecule has 1 aliphatic heterocycles. The zero-order valence-electron chi connectivity index (χ0n) is 32.2. The first-order valence-corrected chi connectivity index (χ1v) is 23.1. The second kappa shape index (κ2) is 10.8. The number of ether oxygens (including phenoxy) is 4. The van der Waals surface area contributed by atoms with Gasteiger partial charge in [-0.2, -0.15) is 0 Å². The third kappa shape index (κ3) is 4.62. The predicted molar refractivity (Wildman–Crippen MR) is 196 cm³/mol. The SMILES string of the molecule is O=C(OC(C12CC3CC(CC(C3)C1)C2)C12CC3CC(CC(C3)C1)C2)C1(C(=O)OC(C23CC4CC(CC(C4)C2)C3)C23CC4CC(CC(C4)C2)C3)OC=CO1. The predicted octanol–water partition coefficient (Wildman–Crippen LogP) is 9.89. The molecule has 16 bridgehead atoms. The molecule has 1 heterocycles. The van der Waals surface area contributed by atoms with Crippen LogP contribution in [0.25, 0.3) is 0 Å². The number of hydrogen-bond donors (Lipinski definition) is 0. The van der Waals surface area contributed by atoms with Crippen LogP contribution in [0, 0.1) is 92.7 Å². The molecule has 0 aromatic carbocycles. The molecule has 0 unspecified atom stereocenters. The maximum Gasteiger partial charge on any atom is 0.452 e. The Kier molecular flexibility index (Phi) is 6.60. The topological polar surface area (TPSA) is 71.1 Å². The van der Waals surface area contributed by atoms with Crippen LogP contribution < -0.4 is 0 Å². The molecule has 0 spiro atoms. The summed E-state index contributed by atoms with van der Waals surface area (Å²) in [5.74, 6) is 5.72. The molecule has 17 aliphatic rings. The van der Waals surface area contributed by atoms with Gasteiger partial charge in [0, 0.05) is 21.7 Å². The lowest BCUT2D eigenvalue weighted by Crippen LogP contribution is -2.65. The molecule has 6 heteroatoms. The minimum Gasteiger partial charge on any atom is -0.455 e. The first-order chi connectivity index (χ1) is 25.7. The largest absolute Gasteiger partial charge is 0.455 e. The van der Waals surface area contributed by atoms with Gasteiger partial charge in [0.05, 0.1) is 0 Å². The summed E-state index contributed by atoms with van der Waals surface area (Å²) in [6.07, 6.45) is 33.2. The van der Waals surface area contributed by atoms with Crippen molar-refractivity contribution in [1.29, 1.82) is 0 Å². The molecule has 0 aromatic heterocycles. The Hall–Kier alpha value is -1.72. The highest BCUT2D eigenvalue weighted by Crippen LogP contribution is 2.72. The summed E-state index contributed by atoms with van der Waals surface area (Å²) >= 11 is 0. The second-order valence-corrected chi connectivity index (χ2v) is 23.8. The quantitative estimate of drug-likeness (QED) is 0.183. The van der Waals surface area contributed by atoms with Crippen molar-refractivity contribution < 1.29 is 28.5 Å². The van der Waals surface area contributed by atoms with E-state index in [1.807, 2.05) is 0 Å². The van der Waals surface area contributed by atoms with Crippen molar-refractivity contribution in [2.24, 2.45) is 92.7 Å². The van der Waals surface area contributed by atoms with Crippen LogP contribution in [0.4, 0.5) is 0 Å². The third-order valence-electron chi connectivity index (χ3n) is 20.1. The summed E-state index contributed by atoms with van der Waals surface area (Å²) in [6, 6.07) is 0. The number of carbonyl (C=O) groups is 2. The van der Waals surface area contributed by atoms with E-state index in [-0.39, 0.29) is 33.9 Å². The van der Waals surface area contributed by atoms with Crippen molar-refractivity contribution >= 4 is 11.9 Å². The summed E-state index contributed by atoms with van der Waals surface area (Å²) in [7, 11) is 0. The van der Waals surface area contributed by atoms with Crippen LogP contribution in [-0.4, -0.2) is 29.9 Å². The highest BCUT2D eigenvalue weighted by Gasteiger charge is 2.69. The Labute approximate surface area is 317 Å². The second-order valence-electron chi connectivity index (χ2n) is 23.8. The van der Waals surface area contributed by atoms with Gasteiger partial charge in [0.15, 0.2) is 0 Å². The fourth-order valence-corrected chi connectivity index (χ4v) is 20.7. The van der Waals surface area contributed by atoms with Gasteiger partial charge in [-0.3, -0.25) is 0 Å². The minimum absolute atomic E-state index is 0.0220. The Balaban J connectivity index is 0.861. The number of hydrogen-bond acceptors (Lipinski definition) is 6. The van der Waals surface area contributed by atoms with E-state index in [1.165, 1.54) is 167 Å². The number of esters is 2. The van der Waals surface area contributed by atoms with Gasteiger partial charge in [0.1, 0.15) is 24.7 Å². The molecule has 0 saturated heterocycles. The monoisotopic (exact) mass is 724 g/mol. The van der Waals surface area contributed by atoms with E-state index in [4.69, 9.17) is 18.9 Å². The molecule has 53 heavy (non-hydrogen) atoms. The van der Waals surface area contributed by atoms with Crippen LogP contribution in [0.15, 0.2) is 12.5 Å². The molecular weight excluding hydrogens is 661 g/mol. The Morgan fingerprint density at radius 1 is 0.377 bits per heavy atom. The molecule has 288 valence electrons. The molecule has 16 saturated carbocycles. The van der Waals surface area contributed by atoms with Gasteiger partial charge in [-0.05, 0) is 225 Å². The first-order valence-electron chi connectivity index (χ1n) is 23.1. The molecule has 0 atom stereocenters. The standard InChI is InChI=1S/C47H64O6/c48-41(52-39(43-15-27-3-28(16-43)5-29(4-27)17-43)44-18-30-6-31(19-44)8-32(7-30)20-44)47(50-1-2-51-47)42(49)53-40(45-21-33-9-34(22-45)11-35(10-33)23-45)46-24-36-12-37(25-46)14-38(13-36)26-46/h1-2,27-40H,3-26H2. The molecule has 0 N–H and O–H groups in total. The van der Waals surface area contributed by atoms with E-state index in [0.29, 0.717) is 0 Å². The molecule has 0 aromatic rings. The first kappa shape index (κ1) is 32.4. The van der Waals surface area contributed by atoms with Gasteiger partial charge < -0.3 is 18.9 Å². The number of rotatable bonds is 8. The van der Waals surface area contributed by atoms with Crippen LogP contribution in [0.5, 0.6) is 0 Å². The Morgan fingerprint density at radius 3 is 0.755 bits per heavy atom. The van der Waals surface area contributed by atoms with Gasteiger partial charge in [-0.25, -0.2) is 9.59 Å². The highest BCUT2D eigenvalue weighted by atomic mass is 16.8. The number of carbonyl (C=O) groups excluding carboxylic acids is 2. The Bertz CT molecular complexity index is 1260. The maximum absolute atomic E-state index is 15.3. The van der Waals surface area contributed by atoms with Crippen LogP contribution in [-0.2, 0) is 28.5 Å². The van der Waals surface area contributed by atoms with Crippen LogP contribution in [0.2, 0.25) is 0 Å². The molecule has 16 fully saturated rings. The van der Waals surface area contributed by atoms with Gasteiger partial charge in [0.2, 0.25) is 0 Å². The van der Waals surface area contributed by atoms with E-state index in [9.17, 15) is 0 Å². The van der Waals surface area contributed by atoms with E-state index in [1.54, 1.807) is 0 Å². The van der Waals surface area contributed by atoms with Crippen molar-refractivity contribution in [2.45, 2.75) is 172 Å². The third-order valence-corrected chi connectivity index (χ3v) is 20.1.